The zero-order chi connectivity index (χ0) is 46.7. The van der Waals surface area contributed by atoms with Crippen molar-refractivity contribution >= 4 is 54.9 Å². The van der Waals surface area contributed by atoms with Crippen LogP contribution in [0.4, 0.5) is 17.2 Å². The third kappa shape index (κ3) is 12.6. The summed E-state index contributed by atoms with van der Waals surface area (Å²) in [6.45, 7) is 9.59. The molecule has 5 N–H and O–H groups in total. The summed E-state index contributed by atoms with van der Waals surface area (Å²) in [6.07, 6.45) is 15.1. The lowest BCUT2D eigenvalue weighted by molar-refractivity contribution is -0.385. The number of nitrogens with one attached hydrogen (secondary N) is 3. The van der Waals surface area contributed by atoms with Crippen LogP contribution in [0.1, 0.15) is 74.3 Å². The van der Waals surface area contributed by atoms with Crippen LogP contribution >= 0.6 is 15.9 Å². The molecule has 4 fully saturated rings. The highest BCUT2D eigenvalue weighted by molar-refractivity contribution is 9.10. The first-order valence-corrected chi connectivity index (χ1v) is 24.6. The molecule has 0 aliphatic carbocycles. The number of rotatable bonds is 11. The molecule has 6 aromatic rings. The highest BCUT2D eigenvalue weighted by Gasteiger charge is 2.31. The number of β-amino-alcohol motifs (C(OH)–C–C–N with tert-alkyl or cyclic N) is 2. The maximum atomic E-state index is 10.9. The van der Waals surface area contributed by atoms with E-state index >= 15 is 0 Å². The van der Waals surface area contributed by atoms with Gasteiger partial charge in [-0.15, -0.1) is 0 Å². The number of piperidine rings is 4. The number of aliphatic hydroxyl groups excluding tert-OH is 2. The number of hydrogen-bond donors (Lipinski definition) is 5. The minimum Gasteiger partial charge on any atom is -0.392 e. The monoisotopic (exact) mass is 978 g/mol. The van der Waals surface area contributed by atoms with Crippen LogP contribution in [-0.4, -0.2) is 127 Å². The van der Waals surface area contributed by atoms with Crippen molar-refractivity contribution in [1.29, 1.82) is 0 Å². The van der Waals surface area contributed by atoms with E-state index < -0.39 is 9.85 Å². The quantitative estimate of drug-likeness (QED) is 0.0472. The second-order valence-electron chi connectivity index (χ2n) is 18.5. The van der Waals surface area contributed by atoms with Gasteiger partial charge in [-0.05, 0) is 166 Å². The molecular formula is C50H63BrN10O6. The molecule has 0 saturated carbocycles. The minimum absolute atomic E-state index is 0.00296. The molecule has 2 aromatic carbocycles. The fourth-order valence-corrected chi connectivity index (χ4v) is 10.7. The first kappa shape index (κ1) is 48.2. The van der Waals surface area contributed by atoms with Crippen LogP contribution in [0.25, 0.3) is 21.8 Å². The number of fused-ring (bicyclic) bond motifs is 2. The molecule has 2 atom stereocenters. The van der Waals surface area contributed by atoms with Crippen molar-refractivity contribution in [3.8, 4) is 0 Å². The number of H-pyrrole nitrogens is 2. The molecule has 0 amide bonds. The van der Waals surface area contributed by atoms with E-state index in [-0.39, 0.29) is 29.5 Å². The van der Waals surface area contributed by atoms with Crippen LogP contribution in [0.15, 0.2) is 102 Å². The van der Waals surface area contributed by atoms with E-state index in [0.717, 1.165) is 110 Å². The number of halogens is 1. The van der Waals surface area contributed by atoms with Crippen molar-refractivity contribution in [2.45, 2.75) is 75.4 Å². The van der Waals surface area contributed by atoms with Gasteiger partial charge in [-0.25, -0.2) is 9.97 Å². The van der Waals surface area contributed by atoms with Gasteiger partial charge < -0.3 is 40.2 Å². The second-order valence-corrected chi connectivity index (χ2v) is 19.3. The lowest BCUT2D eigenvalue weighted by Gasteiger charge is -2.38. The molecule has 4 aromatic heterocycles. The van der Waals surface area contributed by atoms with Crippen molar-refractivity contribution in [3.05, 3.63) is 134 Å². The standard InChI is InChI=1S/C25H31N5O3.C20H29N3O.C5H3BrN2O2/c31-24(19-9-13-29(14-10-19)25-6-5-20(15-27-25)30(32)33)17-28-11-7-18(8-12-28)22-16-26-23-4-2-1-3-21(22)23;24-20(16-5-9-21-10-6-16)14-23-11-7-15(8-12-23)18-13-22-19-4-2-1-3-17(18)19;6-5-2-1-4(3-7-5)8(9)10/h1-6,15-16,18-19,24,26,31H,7-14,17H2;1-4,13,15-16,20-22,24H,5-12,14H2;1-3H. The molecule has 4 aliphatic rings. The average molecular weight is 980 g/mol. The minimum atomic E-state index is -0.487. The molecular weight excluding hydrogens is 917 g/mol. The van der Waals surface area contributed by atoms with E-state index in [1.54, 1.807) is 6.07 Å². The molecule has 67 heavy (non-hydrogen) atoms. The Morgan fingerprint density at radius 3 is 1.52 bits per heavy atom. The van der Waals surface area contributed by atoms with Crippen LogP contribution in [0, 0.1) is 32.1 Å². The number of hydrogen-bond acceptors (Lipinski definition) is 12. The van der Waals surface area contributed by atoms with E-state index in [2.05, 4.69) is 117 Å². The molecule has 356 valence electrons. The van der Waals surface area contributed by atoms with Gasteiger partial charge in [0, 0.05) is 72.5 Å². The highest BCUT2D eigenvalue weighted by atomic mass is 79.9. The van der Waals surface area contributed by atoms with Gasteiger partial charge in [0.1, 0.15) is 22.8 Å². The Morgan fingerprint density at radius 1 is 0.612 bits per heavy atom. The van der Waals surface area contributed by atoms with Crippen LogP contribution in [0.5, 0.6) is 0 Å². The van der Waals surface area contributed by atoms with Crippen molar-refractivity contribution < 1.29 is 20.1 Å². The maximum Gasteiger partial charge on any atom is 0.287 e. The molecule has 0 radical (unpaired) electrons. The summed E-state index contributed by atoms with van der Waals surface area (Å²) < 4.78 is 0.595. The molecule has 16 nitrogen and oxygen atoms in total. The Balaban J connectivity index is 0.000000156. The number of pyridine rings is 2. The Morgan fingerprint density at radius 2 is 1.07 bits per heavy atom. The van der Waals surface area contributed by atoms with Crippen molar-refractivity contribution in [3.63, 3.8) is 0 Å². The van der Waals surface area contributed by atoms with Crippen LogP contribution in [0.3, 0.4) is 0 Å². The Kier molecular flexibility index (Phi) is 16.6. The van der Waals surface area contributed by atoms with Crippen molar-refractivity contribution in [2.75, 3.05) is 70.3 Å². The molecule has 4 saturated heterocycles. The Bertz CT molecular complexity index is 2490. The fraction of sp³-hybridized carbons (Fsp3) is 0.480. The summed E-state index contributed by atoms with van der Waals surface area (Å²) in [5, 5.41) is 48.4. The molecule has 17 heteroatoms. The molecule has 8 heterocycles. The van der Waals surface area contributed by atoms with Gasteiger partial charge in [0.05, 0.1) is 22.1 Å². The molecule has 0 bridgehead atoms. The van der Waals surface area contributed by atoms with Gasteiger partial charge in [0.2, 0.25) is 0 Å². The third-order valence-electron chi connectivity index (χ3n) is 14.4. The summed E-state index contributed by atoms with van der Waals surface area (Å²) in [7, 11) is 0. The first-order chi connectivity index (χ1) is 32.6. The Labute approximate surface area is 399 Å². The lowest BCUT2D eigenvalue weighted by Crippen LogP contribution is -2.44. The van der Waals surface area contributed by atoms with Crippen LogP contribution in [0.2, 0.25) is 0 Å². The molecule has 10 rings (SSSR count). The number of aromatic nitrogens is 4. The molecule has 2 unspecified atom stereocenters. The molecule has 0 spiro atoms. The zero-order valence-electron chi connectivity index (χ0n) is 38.0. The van der Waals surface area contributed by atoms with Crippen LogP contribution in [-0.2, 0) is 0 Å². The van der Waals surface area contributed by atoms with Crippen LogP contribution < -0.4 is 10.2 Å². The number of aromatic amines is 2. The fourth-order valence-electron chi connectivity index (χ4n) is 10.4. The number of nitrogens with zero attached hydrogens (tertiary/aromatic N) is 7. The van der Waals surface area contributed by atoms with Gasteiger partial charge in [-0.3, -0.25) is 20.2 Å². The number of benzene rings is 2. The predicted molar refractivity (Wildman–Crippen MR) is 265 cm³/mol. The van der Waals surface area contributed by atoms with Gasteiger partial charge in [0.15, 0.2) is 0 Å². The largest absolute Gasteiger partial charge is 0.392 e. The summed E-state index contributed by atoms with van der Waals surface area (Å²) in [4.78, 5) is 41.7. The van der Waals surface area contributed by atoms with Crippen molar-refractivity contribution in [2.24, 2.45) is 11.8 Å². The smallest absolute Gasteiger partial charge is 0.287 e. The SMILES string of the molecule is O=[N+]([O-])c1ccc(Br)nc1.O=[N+]([O-])c1ccc(N2CCC(C(O)CN3CCC(c4c[nH]c5ccccc45)CC3)CC2)nc1.OC(CN1CCC(c2c[nH]c3ccccc23)CC1)C1CCNCC1. The lowest BCUT2D eigenvalue weighted by atomic mass is 9.87. The van der Waals surface area contributed by atoms with E-state index in [1.807, 2.05) is 0 Å². The van der Waals surface area contributed by atoms with Gasteiger partial charge in [-0.1, -0.05) is 36.4 Å². The van der Waals surface area contributed by atoms with E-state index in [9.17, 15) is 30.4 Å². The zero-order valence-corrected chi connectivity index (χ0v) is 39.6. The average Bonchev–Trinajstić information content (AvgIpc) is 4.01. The number of aliphatic hydroxyl groups is 2. The summed E-state index contributed by atoms with van der Waals surface area (Å²) in [5.41, 5.74) is 5.37. The predicted octanol–water partition coefficient (Wildman–Crippen LogP) is 8.39. The second kappa shape index (κ2) is 23.1. The highest BCUT2D eigenvalue weighted by Crippen LogP contribution is 2.35. The maximum absolute atomic E-state index is 10.9. The number of para-hydroxylation sites is 2. The van der Waals surface area contributed by atoms with E-state index in [4.69, 9.17) is 0 Å². The van der Waals surface area contributed by atoms with Crippen molar-refractivity contribution in [1.82, 2.24) is 35.1 Å². The van der Waals surface area contributed by atoms with E-state index in [0.29, 0.717) is 22.4 Å². The third-order valence-corrected chi connectivity index (χ3v) is 14.9. The number of anilines is 1. The Hall–Kier alpha value is -5.30. The normalized spacial score (nSPS) is 19.3. The topological polar surface area (TPSA) is 206 Å². The van der Waals surface area contributed by atoms with Gasteiger partial charge >= 0.3 is 0 Å². The van der Waals surface area contributed by atoms with E-state index in [1.165, 1.54) is 76.4 Å². The first-order valence-electron chi connectivity index (χ1n) is 23.8. The van der Waals surface area contributed by atoms with Gasteiger partial charge in [0.25, 0.3) is 11.4 Å². The number of nitro groups is 2. The summed E-state index contributed by atoms with van der Waals surface area (Å²) in [5.74, 6) is 2.76. The summed E-state index contributed by atoms with van der Waals surface area (Å²) >= 11 is 3.06. The number of likely N-dealkylation sites (tertiary alicyclic amines) is 2. The molecule has 4 aliphatic heterocycles. The van der Waals surface area contributed by atoms with Gasteiger partial charge in [-0.2, -0.15) is 0 Å². The summed E-state index contributed by atoms with van der Waals surface area (Å²) in [6, 6.07) is 23.2.